The van der Waals surface area contributed by atoms with Crippen molar-refractivity contribution >= 4 is 17.6 Å². The molecule has 7 nitrogen and oxygen atoms in total. The minimum atomic E-state index is -1.10. The Hall–Kier alpha value is -1.79. The van der Waals surface area contributed by atoms with E-state index < -0.39 is 17.4 Å². The number of nitrogens with two attached hydrogens (primary N) is 2. The van der Waals surface area contributed by atoms with Gasteiger partial charge in [0.25, 0.3) is 0 Å². The summed E-state index contributed by atoms with van der Waals surface area (Å²) in [6, 6.07) is -0.588. The molecule has 0 aliphatic carbocycles. The zero-order valence-corrected chi connectivity index (χ0v) is 10.7. The predicted molar refractivity (Wildman–Crippen MR) is 65.7 cm³/mol. The molecule has 2 unspecified atom stereocenters. The average molecular weight is 256 g/mol. The molecule has 0 saturated carbocycles. The maximum absolute atomic E-state index is 12.5. The second kappa shape index (κ2) is 5.24. The first-order valence-electron chi connectivity index (χ1n) is 5.96. The highest BCUT2D eigenvalue weighted by atomic mass is 16.4. The quantitative estimate of drug-likeness (QED) is 0.275. The Morgan fingerprint density at radius 2 is 2.11 bits per heavy atom. The van der Waals surface area contributed by atoms with Crippen LogP contribution in [0.4, 0.5) is 0 Å². The molecule has 0 spiro atoms. The summed E-state index contributed by atoms with van der Waals surface area (Å²) in [5, 5.41) is 11.7. The van der Waals surface area contributed by atoms with Crippen LogP contribution in [0.1, 0.15) is 33.1 Å². The van der Waals surface area contributed by atoms with Crippen molar-refractivity contribution < 1.29 is 14.8 Å². The second-order valence-corrected chi connectivity index (χ2v) is 4.73. The molecule has 102 valence electrons. The van der Waals surface area contributed by atoms with Crippen molar-refractivity contribution in [2.24, 2.45) is 22.0 Å². The summed E-state index contributed by atoms with van der Waals surface area (Å²) in [4.78, 5) is 25.2. The lowest BCUT2D eigenvalue weighted by molar-refractivity contribution is -0.142. The van der Waals surface area contributed by atoms with Crippen molar-refractivity contribution in [1.29, 1.82) is 0 Å². The highest BCUT2D eigenvalue weighted by Crippen LogP contribution is 2.29. The maximum atomic E-state index is 12.5. The van der Waals surface area contributed by atoms with Crippen LogP contribution in [0.2, 0.25) is 0 Å². The Morgan fingerprint density at radius 3 is 2.56 bits per heavy atom. The molecule has 1 aliphatic heterocycles. The van der Waals surface area contributed by atoms with Crippen LogP contribution >= 0.6 is 0 Å². The molecule has 1 rings (SSSR count). The number of carbonyl (C=O) groups is 2. The Labute approximate surface area is 106 Å². The summed E-state index contributed by atoms with van der Waals surface area (Å²) >= 11 is 0. The fraction of sp³-hybridized carbons (Fsp3) is 0.727. The molecule has 1 aliphatic rings. The van der Waals surface area contributed by atoms with E-state index in [2.05, 4.69) is 5.16 Å². The third-order valence-electron chi connectivity index (χ3n) is 3.69. The van der Waals surface area contributed by atoms with E-state index in [0.717, 1.165) is 6.42 Å². The largest absolute Gasteiger partial charge is 0.409 e. The molecule has 2 atom stereocenters. The van der Waals surface area contributed by atoms with Crippen LogP contribution in [-0.2, 0) is 9.59 Å². The number of oxime groups is 1. The number of hydrogen-bond donors (Lipinski definition) is 3. The molecule has 0 radical (unpaired) electrons. The lowest BCUT2D eigenvalue weighted by Gasteiger charge is -2.32. The van der Waals surface area contributed by atoms with Crippen LogP contribution in [0.5, 0.6) is 0 Å². The van der Waals surface area contributed by atoms with Gasteiger partial charge in [-0.15, -0.1) is 0 Å². The molecular formula is C11H20N4O3. The van der Waals surface area contributed by atoms with Gasteiger partial charge in [-0.05, 0) is 26.2 Å². The van der Waals surface area contributed by atoms with Crippen LogP contribution < -0.4 is 11.5 Å². The molecule has 1 fully saturated rings. The van der Waals surface area contributed by atoms with Gasteiger partial charge in [-0.25, -0.2) is 0 Å². The Morgan fingerprint density at radius 1 is 1.50 bits per heavy atom. The number of carbonyl (C=O) groups excluding carboxylic acids is 2. The van der Waals surface area contributed by atoms with Gasteiger partial charge in [0, 0.05) is 6.54 Å². The lowest BCUT2D eigenvalue weighted by atomic mass is 9.84. The zero-order valence-electron chi connectivity index (χ0n) is 10.7. The highest BCUT2D eigenvalue weighted by Gasteiger charge is 2.44. The van der Waals surface area contributed by atoms with E-state index in [1.807, 2.05) is 0 Å². The van der Waals surface area contributed by atoms with E-state index in [9.17, 15) is 9.59 Å². The topological polar surface area (TPSA) is 122 Å². The van der Waals surface area contributed by atoms with Gasteiger partial charge in [0.1, 0.15) is 11.5 Å². The maximum Gasteiger partial charge on any atom is 0.240 e. The number of amidine groups is 1. The van der Waals surface area contributed by atoms with Crippen LogP contribution in [0.3, 0.4) is 0 Å². The van der Waals surface area contributed by atoms with Crippen molar-refractivity contribution in [3.05, 3.63) is 0 Å². The fourth-order valence-corrected chi connectivity index (χ4v) is 2.17. The Bertz CT molecular complexity index is 382. The SMILES string of the molecule is CCC(C)(C(=O)N1CCCC1C(N)=O)C(N)=NO. The summed E-state index contributed by atoms with van der Waals surface area (Å²) in [6.07, 6.45) is 1.68. The molecule has 1 saturated heterocycles. The summed E-state index contributed by atoms with van der Waals surface area (Å²) in [5.41, 5.74) is 9.76. The van der Waals surface area contributed by atoms with Gasteiger partial charge in [0.05, 0.1) is 0 Å². The monoisotopic (exact) mass is 256 g/mol. The van der Waals surface area contributed by atoms with Gasteiger partial charge < -0.3 is 21.6 Å². The van der Waals surface area contributed by atoms with Gasteiger partial charge in [0.2, 0.25) is 11.8 Å². The summed E-state index contributed by atoms with van der Waals surface area (Å²) < 4.78 is 0. The summed E-state index contributed by atoms with van der Waals surface area (Å²) in [6.45, 7) is 3.84. The number of primary amides is 1. The molecule has 0 aromatic heterocycles. The molecule has 5 N–H and O–H groups in total. The third-order valence-corrected chi connectivity index (χ3v) is 3.69. The molecule has 1 heterocycles. The molecule has 0 aromatic carbocycles. The van der Waals surface area contributed by atoms with Crippen molar-refractivity contribution in [2.45, 2.75) is 39.2 Å². The first kappa shape index (κ1) is 14.3. The lowest BCUT2D eigenvalue weighted by Crippen LogP contribution is -2.53. The van der Waals surface area contributed by atoms with Crippen LogP contribution in [0.15, 0.2) is 5.16 Å². The van der Waals surface area contributed by atoms with Crippen molar-refractivity contribution in [3.63, 3.8) is 0 Å². The van der Waals surface area contributed by atoms with Crippen LogP contribution in [0.25, 0.3) is 0 Å². The standard InChI is InChI=1S/C11H20N4O3/c1-3-11(2,9(13)14-18)10(17)15-6-4-5-7(15)8(12)16/h7,18H,3-6H2,1-2H3,(H2,12,16)(H2,13,14). The van der Waals surface area contributed by atoms with E-state index in [4.69, 9.17) is 16.7 Å². The van der Waals surface area contributed by atoms with E-state index in [1.54, 1.807) is 13.8 Å². The Kier molecular flexibility index (Phi) is 4.15. The fourth-order valence-electron chi connectivity index (χ4n) is 2.17. The molecular weight excluding hydrogens is 236 g/mol. The second-order valence-electron chi connectivity index (χ2n) is 4.73. The molecule has 2 amide bonds. The summed E-state index contributed by atoms with van der Waals surface area (Å²) in [7, 11) is 0. The van der Waals surface area contributed by atoms with Gasteiger partial charge >= 0.3 is 0 Å². The number of likely N-dealkylation sites (tertiary alicyclic amines) is 1. The predicted octanol–water partition coefficient (Wildman–Crippen LogP) is -0.375. The summed E-state index contributed by atoms with van der Waals surface area (Å²) in [5.74, 6) is -0.981. The van der Waals surface area contributed by atoms with Crippen molar-refractivity contribution in [2.75, 3.05) is 6.54 Å². The highest BCUT2D eigenvalue weighted by molar-refractivity contribution is 6.07. The third kappa shape index (κ3) is 2.25. The normalized spacial score (nSPS) is 23.8. The number of hydrogen-bond acceptors (Lipinski definition) is 4. The average Bonchev–Trinajstić information content (AvgIpc) is 2.84. The van der Waals surface area contributed by atoms with Gasteiger partial charge in [-0.2, -0.15) is 0 Å². The zero-order chi connectivity index (χ0) is 13.9. The number of rotatable bonds is 4. The molecule has 0 aromatic rings. The van der Waals surface area contributed by atoms with E-state index >= 15 is 0 Å². The number of nitrogens with zero attached hydrogens (tertiary/aromatic N) is 2. The Balaban J connectivity index is 3.01. The van der Waals surface area contributed by atoms with Crippen LogP contribution in [-0.4, -0.2) is 40.3 Å². The van der Waals surface area contributed by atoms with E-state index in [0.29, 0.717) is 19.4 Å². The van der Waals surface area contributed by atoms with E-state index in [-0.39, 0.29) is 11.7 Å². The van der Waals surface area contributed by atoms with Gasteiger partial charge in [-0.1, -0.05) is 12.1 Å². The van der Waals surface area contributed by atoms with Crippen molar-refractivity contribution in [1.82, 2.24) is 4.90 Å². The first-order chi connectivity index (χ1) is 8.38. The van der Waals surface area contributed by atoms with E-state index in [1.165, 1.54) is 4.90 Å². The molecule has 7 heteroatoms. The van der Waals surface area contributed by atoms with Gasteiger partial charge in [0.15, 0.2) is 5.84 Å². The first-order valence-corrected chi connectivity index (χ1v) is 5.96. The molecule has 0 bridgehead atoms. The number of amides is 2. The smallest absolute Gasteiger partial charge is 0.240 e. The van der Waals surface area contributed by atoms with Gasteiger partial charge in [-0.3, -0.25) is 9.59 Å². The minimum Gasteiger partial charge on any atom is -0.409 e. The van der Waals surface area contributed by atoms with Crippen LogP contribution in [0, 0.1) is 5.41 Å². The van der Waals surface area contributed by atoms with Crippen molar-refractivity contribution in [3.8, 4) is 0 Å². The minimum absolute atomic E-state index is 0.148. The molecule has 18 heavy (non-hydrogen) atoms.